The molecule has 0 amide bonds. The third kappa shape index (κ3) is 6.79. The number of benzene rings is 7. The van der Waals surface area contributed by atoms with E-state index in [1.54, 1.807) is 5.56 Å². The number of fused-ring (bicyclic) bond motifs is 11. The van der Waals surface area contributed by atoms with Crippen molar-refractivity contribution in [3.8, 4) is 22.3 Å². The Kier molecular flexibility index (Phi) is 10.6. The van der Waals surface area contributed by atoms with Crippen LogP contribution >= 0.6 is 0 Å². The van der Waals surface area contributed by atoms with Gasteiger partial charge in [0, 0.05) is 55.9 Å². The second kappa shape index (κ2) is 16.4. The largest absolute Gasteiger partial charge is 0.335 e. The third-order valence-electron chi connectivity index (χ3n) is 22.2. The lowest BCUT2D eigenvalue weighted by Crippen LogP contribution is -2.61. The Hall–Kier alpha value is -6.26. The number of rotatable bonds is 4. The van der Waals surface area contributed by atoms with Gasteiger partial charge in [0.25, 0.3) is 6.71 Å². The van der Waals surface area contributed by atoms with Crippen LogP contribution in [0, 0.1) is 0 Å². The minimum atomic E-state index is -0.346. The fourth-order valence-electron chi connectivity index (χ4n) is 17.2. The summed E-state index contributed by atoms with van der Waals surface area (Å²) in [5.41, 5.74) is 28.6. The van der Waals surface area contributed by atoms with Gasteiger partial charge in [-0.1, -0.05) is 219 Å². The monoisotopic (exact) mass is 1040 g/mol. The van der Waals surface area contributed by atoms with Crippen LogP contribution in [-0.4, -0.2) is 17.8 Å². The van der Waals surface area contributed by atoms with Gasteiger partial charge in [0.15, 0.2) is 0 Å². The van der Waals surface area contributed by atoms with Gasteiger partial charge in [-0.15, -0.1) is 0 Å². The molecule has 4 aliphatic heterocycles. The van der Waals surface area contributed by atoms with Gasteiger partial charge in [-0.05, 0) is 164 Å². The molecule has 0 N–H and O–H groups in total. The standard InChI is InChI=1S/C75H84BN3/c1-68(2,3)50-31-33-56-55(42-50)64-67(71(56,10)11)77(60-35-32-51(69(4,5)6)41-54(60)48-28-20-17-21-29-48)62-45-53(78-61-34-30-49(47-26-18-16-19-27-47)40-57(61)72(12)36-22-24-38-74(72,78)14)46-63-65(62)76(64)59-44-52(70(7,8)9)43-58-66(59)79(63)75(15)39-25-23-37-73(58,75)13/h16-21,26-35,40-46H,22-25,36-39H2,1-15H3. The molecule has 3 nitrogen and oxygen atoms in total. The molecule has 2 fully saturated rings. The van der Waals surface area contributed by atoms with Crippen molar-refractivity contribution in [2.75, 3.05) is 14.7 Å². The van der Waals surface area contributed by atoms with E-state index in [2.05, 4.69) is 258 Å². The van der Waals surface area contributed by atoms with Crippen LogP contribution in [0.2, 0.25) is 0 Å². The molecule has 79 heavy (non-hydrogen) atoms. The molecule has 2 saturated carbocycles. The van der Waals surface area contributed by atoms with Crippen LogP contribution in [-0.2, 0) is 32.5 Å². The first-order valence-corrected chi connectivity index (χ1v) is 30.4. The number of hydrogen-bond donors (Lipinski definition) is 0. The molecule has 0 aromatic heterocycles. The maximum Gasteiger partial charge on any atom is 0.252 e. The summed E-state index contributed by atoms with van der Waals surface area (Å²) < 4.78 is 0. The predicted octanol–water partition coefficient (Wildman–Crippen LogP) is 18.7. The Balaban J connectivity index is 1.15. The van der Waals surface area contributed by atoms with Crippen molar-refractivity contribution in [1.82, 2.24) is 0 Å². The van der Waals surface area contributed by atoms with Gasteiger partial charge in [0.1, 0.15) is 0 Å². The summed E-state index contributed by atoms with van der Waals surface area (Å²) in [6.07, 6.45) is 9.63. The molecule has 4 atom stereocenters. The SMILES string of the molecule is CC(C)(C)c1ccc2c(c1)C1=C(N(c3ccc(C(C)(C)C)cc3-c3ccccc3)c3cc(N4c5ccc(-c6ccccc6)cc5C5(C)CCCCC45C)cc4c3B1c1cc(C(C)(C)C)cc3c1N4C1(C)CCCCC31C)C2(C)C. The molecule has 0 saturated heterocycles. The van der Waals surface area contributed by atoms with Gasteiger partial charge >= 0.3 is 0 Å². The van der Waals surface area contributed by atoms with Crippen LogP contribution < -0.4 is 25.6 Å². The van der Waals surface area contributed by atoms with Gasteiger partial charge < -0.3 is 14.7 Å². The summed E-state index contributed by atoms with van der Waals surface area (Å²) >= 11 is 0. The molecule has 3 aliphatic carbocycles. The molecule has 402 valence electrons. The number of hydrogen-bond acceptors (Lipinski definition) is 3. The molecular weight excluding hydrogens is 954 g/mol. The highest BCUT2D eigenvalue weighted by Gasteiger charge is 2.64. The summed E-state index contributed by atoms with van der Waals surface area (Å²) in [5.74, 6) is 0. The Bertz CT molecular complexity index is 3750. The molecule has 4 heterocycles. The highest BCUT2D eigenvalue weighted by Crippen LogP contribution is 2.67. The number of allylic oxidation sites excluding steroid dienone is 1. The molecule has 4 heteroatoms. The topological polar surface area (TPSA) is 9.72 Å². The van der Waals surface area contributed by atoms with E-state index in [0.717, 1.165) is 12.8 Å². The Morgan fingerprint density at radius 3 is 1.59 bits per heavy atom. The van der Waals surface area contributed by atoms with Crippen LogP contribution in [0.15, 0.2) is 145 Å². The van der Waals surface area contributed by atoms with Gasteiger partial charge in [-0.25, -0.2) is 0 Å². The van der Waals surface area contributed by atoms with Crippen LogP contribution in [0.25, 0.3) is 27.7 Å². The molecule has 4 unspecified atom stereocenters. The normalized spacial score (nSPS) is 25.2. The molecular formula is C75H84BN3. The fourth-order valence-corrected chi connectivity index (χ4v) is 17.2. The smallest absolute Gasteiger partial charge is 0.252 e. The van der Waals surface area contributed by atoms with Gasteiger partial charge in [0.2, 0.25) is 0 Å². The highest BCUT2D eigenvalue weighted by atomic mass is 15.3. The maximum absolute atomic E-state index is 3.00. The lowest BCUT2D eigenvalue weighted by molar-refractivity contribution is 0.194. The second-order valence-electron chi connectivity index (χ2n) is 30.0. The van der Waals surface area contributed by atoms with Crippen LogP contribution in [0.4, 0.5) is 34.1 Å². The van der Waals surface area contributed by atoms with E-state index in [1.807, 2.05) is 0 Å². The average Bonchev–Trinajstić information content (AvgIpc) is 2.14. The molecule has 14 rings (SSSR count). The van der Waals surface area contributed by atoms with Crippen molar-refractivity contribution >= 4 is 57.2 Å². The fraction of sp³-hybridized carbons (Fsp3) is 0.413. The summed E-state index contributed by atoms with van der Waals surface area (Å²) in [5, 5.41) is 0. The van der Waals surface area contributed by atoms with Gasteiger partial charge in [-0.2, -0.15) is 0 Å². The van der Waals surface area contributed by atoms with E-state index in [1.165, 1.54) is 150 Å². The van der Waals surface area contributed by atoms with E-state index in [0.29, 0.717) is 0 Å². The van der Waals surface area contributed by atoms with Crippen molar-refractivity contribution in [3.63, 3.8) is 0 Å². The predicted molar refractivity (Wildman–Crippen MR) is 339 cm³/mol. The van der Waals surface area contributed by atoms with Crippen LogP contribution in [0.5, 0.6) is 0 Å². The Morgan fingerprint density at radius 1 is 0.418 bits per heavy atom. The van der Waals surface area contributed by atoms with Crippen molar-refractivity contribution in [2.45, 2.75) is 199 Å². The van der Waals surface area contributed by atoms with E-state index in [9.17, 15) is 0 Å². The first-order valence-electron chi connectivity index (χ1n) is 30.4. The number of nitrogens with zero attached hydrogens (tertiary/aromatic N) is 3. The van der Waals surface area contributed by atoms with E-state index in [-0.39, 0.29) is 50.3 Å². The quantitative estimate of drug-likeness (QED) is 0.163. The van der Waals surface area contributed by atoms with Gasteiger partial charge in [0.05, 0.1) is 16.8 Å². The first-order chi connectivity index (χ1) is 37.3. The third-order valence-corrected chi connectivity index (χ3v) is 22.2. The molecule has 0 bridgehead atoms. The minimum absolute atomic E-state index is 0.0181. The lowest BCUT2D eigenvalue weighted by Gasteiger charge is -2.54. The second-order valence-corrected chi connectivity index (χ2v) is 30.0. The zero-order valence-corrected chi connectivity index (χ0v) is 50.4. The van der Waals surface area contributed by atoms with Crippen LogP contribution in [0.1, 0.15) is 194 Å². The van der Waals surface area contributed by atoms with Crippen LogP contribution in [0.3, 0.4) is 0 Å². The molecule has 0 spiro atoms. The van der Waals surface area contributed by atoms with Crippen molar-refractivity contribution in [2.24, 2.45) is 0 Å². The Labute approximate surface area is 474 Å². The maximum atomic E-state index is 3.00. The zero-order chi connectivity index (χ0) is 55.4. The first kappa shape index (κ1) is 50.9. The summed E-state index contributed by atoms with van der Waals surface area (Å²) in [6.45, 7) is 37.4. The Morgan fingerprint density at radius 2 is 0.962 bits per heavy atom. The minimum Gasteiger partial charge on any atom is -0.335 e. The number of anilines is 6. The summed E-state index contributed by atoms with van der Waals surface area (Å²) in [4.78, 5) is 8.75. The summed E-state index contributed by atoms with van der Waals surface area (Å²) in [6, 6.07) is 56.0. The van der Waals surface area contributed by atoms with E-state index < -0.39 is 0 Å². The molecule has 7 aromatic rings. The van der Waals surface area contributed by atoms with Crippen molar-refractivity contribution in [1.29, 1.82) is 0 Å². The van der Waals surface area contributed by atoms with E-state index in [4.69, 9.17) is 0 Å². The summed E-state index contributed by atoms with van der Waals surface area (Å²) in [7, 11) is 0. The molecule has 0 radical (unpaired) electrons. The van der Waals surface area contributed by atoms with Gasteiger partial charge in [-0.3, -0.25) is 0 Å². The highest BCUT2D eigenvalue weighted by molar-refractivity contribution is 7.03. The van der Waals surface area contributed by atoms with E-state index >= 15 is 0 Å². The zero-order valence-electron chi connectivity index (χ0n) is 50.4. The lowest BCUT2D eigenvalue weighted by atomic mass is 9.32. The molecule has 7 aliphatic rings. The average molecular weight is 1040 g/mol. The molecule has 7 aromatic carbocycles. The van der Waals surface area contributed by atoms with Crippen molar-refractivity contribution in [3.05, 3.63) is 184 Å². The van der Waals surface area contributed by atoms with Crippen molar-refractivity contribution < 1.29 is 0 Å².